The Balaban J connectivity index is 1.39. The van der Waals surface area contributed by atoms with Gasteiger partial charge in [-0.15, -0.1) is 0 Å². The van der Waals surface area contributed by atoms with E-state index in [2.05, 4.69) is 9.88 Å². The molecule has 3 aromatic rings. The lowest BCUT2D eigenvalue weighted by molar-refractivity contribution is -0.137. The van der Waals surface area contributed by atoms with E-state index < -0.39 is 5.97 Å². The summed E-state index contributed by atoms with van der Waals surface area (Å²) in [7, 11) is 0. The third-order valence-electron chi connectivity index (χ3n) is 5.06. The second-order valence-corrected chi connectivity index (χ2v) is 7.71. The van der Waals surface area contributed by atoms with E-state index in [0.717, 1.165) is 41.1 Å². The van der Waals surface area contributed by atoms with Crippen molar-refractivity contribution in [1.29, 1.82) is 0 Å². The van der Waals surface area contributed by atoms with Crippen LogP contribution in [0, 0.1) is 0 Å². The van der Waals surface area contributed by atoms with Crippen LogP contribution in [0.5, 0.6) is 5.75 Å². The highest BCUT2D eigenvalue weighted by Gasteiger charge is 2.19. The molecule has 6 nitrogen and oxygen atoms in total. The van der Waals surface area contributed by atoms with Gasteiger partial charge in [0.1, 0.15) is 12.4 Å². The first-order chi connectivity index (χ1) is 14.6. The molecule has 0 fully saturated rings. The molecule has 30 heavy (non-hydrogen) atoms. The SMILES string of the molecule is O=C(O)CCN1CCc2nc(-c3ccc(OCc4cccc(Cl)c4)cc3)ncc2C1. The molecule has 0 radical (unpaired) electrons. The van der Waals surface area contributed by atoms with Crippen LogP contribution in [-0.4, -0.2) is 39.0 Å². The number of fused-ring (bicyclic) bond motifs is 1. The van der Waals surface area contributed by atoms with Crippen LogP contribution in [0.15, 0.2) is 54.7 Å². The summed E-state index contributed by atoms with van der Waals surface area (Å²) in [6, 6.07) is 15.3. The molecule has 1 N–H and O–H groups in total. The number of nitrogens with zero attached hydrogens (tertiary/aromatic N) is 3. The van der Waals surface area contributed by atoms with Crippen LogP contribution < -0.4 is 4.74 Å². The zero-order valence-electron chi connectivity index (χ0n) is 16.4. The normalized spacial score (nSPS) is 13.6. The minimum atomic E-state index is -0.771. The molecule has 0 spiro atoms. The monoisotopic (exact) mass is 423 g/mol. The summed E-state index contributed by atoms with van der Waals surface area (Å²) >= 11 is 6.01. The van der Waals surface area contributed by atoms with Gasteiger partial charge in [-0.05, 0) is 42.0 Å². The molecule has 0 aliphatic carbocycles. The summed E-state index contributed by atoms with van der Waals surface area (Å²) in [6.07, 6.45) is 2.81. The van der Waals surface area contributed by atoms with E-state index >= 15 is 0 Å². The van der Waals surface area contributed by atoms with Crippen molar-refractivity contribution < 1.29 is 14.6 Å². The first-order valence-corrected chi connectivity index (χ1v) is 10.2. The lowest BCUT2D eigenvalue weighted by Gasteiger charge is -2.27. The van der Waals surface area contributed by atoms with E-state index in [4.69, 9.17) is 26.4 Å². The van der Waals surface area contributed by atoms with Gasteiger partial charge in [-0.25, -0.2) is 9.97 Å². The lowest BCUT2D eigenvalue weighted by atomic mass is 10.1. The van der Waals surface area contributed by atoms with Gasteiger partial charge < -0.3 is 9.84 Å². The molecule has 0 saturated heterocycles. The predicted octanol–water partition coefficient (Wildman–Crippen LogP) is 4.21. The zero-order valence-corrected chi connectivity index (χ0v) is 17.2. The zero-order chi connectivity index (χ0) is 20.9. The van der Waals surface area contributed by atoms with Gasteiger partial charge in [0.05, 0.1) is 12.1 Å². The molecular weight excluding hydrogens is 402 g/mol. The number of hydrogen-bond acceptors (Lipinski definition) is 5. The van der Waals surface area contributed by atoms with Crippen LogP contribution in [0.25, 0.3) is 11.4 Å². The van der Waals surface area contributed by atoms with Gasteiger partial charge in [-0.1, -0.05) is 23.7 Å². The summed E-state index contributed by atoms with van der Waals surface area (Å²) in [5, 5.41) is 9.55. The van der Waals surface area contributed by atoms with Crippen LogP contribution in [0.4, 0.5) is 0 Å². The maximum absolute atomic E-state index is 10.8. The van der Waals surface area contributed by atoms with Crippen LogP contribution in [0.1, 0.15) is 23.2 Å². The van der Waals surface area contributed by atoms with Gasteiger partial charge in [0.25, 0.3) is 0 Å². The molecule has 0 atom stereocenters. The number of ether oxygens (including phenoxy) is 1. The average molecular weight is 424 g/mol. The Bertz CT molecular complexity index is 1040. The molecule has 1 aromatic heterocycles. The molecular formula is C23H22ClN3O3. The van der Waals surface area contributed by atoms with E-state index in [1.807, 2.05) is 54.7 Å². The number of rotatable bonds is 7. The Morgan fingerprint density at radius 1 is 1.20 bits per heavy atom. The van der Waals surface area contributed by atoms with E-state index in [1.165, 1.54) is 0 Å². The Morgan fingerprint density at radius 2 is 2.03 bits per heavy atom. The van der Waals surface area contributed by atoms with Crippen molar-refractivity contribution in [2.24, 2.45) is 0 Å². The number of benzene rings is 2. The van der Waals surface area contributed by atoms with Crippen LogP contribution in [-0.2, 0) is 24.4 Å². The molecule has 0 unspecified atom stereocenters. The summed E-state index contributed by atoms with van der Waals surface area (Å²) < 4.78 is 5.83. The van der Waals surface area contributed by atoms with Crippen LogP contribution >= 0.6 is 11.6 Å². The van der Waals surface area contributed by atoms with Crippen molar-refractivity contribution in [3.05, 3.63) is 76.6 Å². The fraction of sp³-hybridized carbons (Fsp3) is 0.261. The van der Waals surface area contributed by atoms with Crippen molar-refractivity contribution in [3.63, 3.8) is 0 Å². The van der Waals surface area contributed by atoms with Gasteiger partial charge in [0.15, 0.2) is 5.82 Å². The largest absolute Gasteiger partial charge is 0.489 e. The predicted molar refractivity (Wildman–Crippen MR) is 114 cm³/mol. The molecule has 7 heteroatoms. The second kappa shape index (κ2) is 9.24. The van der Waals surface area contributed by atoms with E-state index in [9.17, 15) is 4.79 Å². The van der Waals surface area contributed by atoms with Crippen molar-refractivity contribution in [2.75, 3.05) is 13.1 Å². The first-order valence-electron chi connectivity index (χ1n) is 9.83. The summed E-state index contributed by atoms with van der Waals surface area (Å²) in [5.74, 6) is 0.687. The van der Waals surface area contributed by atoms with Gasteiger partial charge in [-0.3, -0.25) is 9.69 Å². The number of hydrogen-bond donors (Lipinski definition) is 1. The molecule has 154 valence electrons. The van der Waals surface area contributed by atoms with Crippen LogP contribution in [0.2, 0.25) is 5.02 Å². The number of aliphatic carboxylic acids is 1. The number of carbonyl (C=O) groups is 1. The third kappa shape index (κ3) is 5.14. The highest BCUT2D eigenvalue weighted by Crippen LogP contribution is 2.23. The smallest absolute Gasteiger partial charge is 0.304 e. The van der Waals surface area contributed by atoms with Crippen molar-refractivity contribution in [1.82, 2.24) is 14.9 Å². The molecule has 0 bridgehead atoms. The number of halogens is 1. The Morgan fingerprint density at radius 3 is 2.80 bits per heavy atom. The Labute approximate surface area is 180 Å². The van der Waals surface area contributed by atoms with E-state index in [0.29, 0.717) is 30.5 Å². The molecule has 0 saturated carbocycles. The highest BCUT2D eigenvalue weighted by molar-refractivity contribution is 6.30. The van der Waals surface area contributed by atoms with Gasteiger partial charge in [0, 0.05) is 48.4 Å². The molecule has 4 rings (SSSR count). The van der Waals surface area contributed by atoms with Gasteiger partial charge >= 0.3 is 5.97 Å². The van der Waals surface area contributed by atoms with Gasteiger partial charge in [0.2, 0.25) is 0 Å². The standard InChI is InChI=1S/C23H22ClN3O3/c24-19-3-1-2-16(12-19)15-30-20-6-4-17(5-7-20)23-25-13-18-14-27(11-9-22(28)29)10-8-21(18)26-23/h1-7,12-13H,8-11,14-15H2,(H,28,29). The minimum Gasteiger partial charge on any atom is -0.489 e. The van der Waals surface area contributed by atoms with Gasteiger partial charge in [-0.2, -0.15) is 0 Å². The summed E-state index contributed by atoms with van der Waals surface area (Å²) in [4.78, 5) is 22.2. The summed E-state index contributed by atoms with van der Waals surface area (Å²) in [6.45, 7) is 2.51. The Hall–Kier alpha value is -2.96. The third-order valence-corrected chi connectivity index (χ3v) is 5.30. The highest BCUT2D eigenvalue weighted by atomic mass is 35.5. The fourth-order valence-corrected chi connectivity index (χ4v) is 3.66. The first kappa shape index (κ1) is 20.3. The summed E-state index contributed by atoms with van der Waals surface area (Å²) in [5.41, 5.74) is 4.05. The minimum absolute atomic E-state index is 0.153. The van der Waals surface area contributed by atoms with Crippen molar-refractivity contribution in [2.45, 2.75) is 26.0 Å². The van der Waals surface area contributed by atoms with Crippen molar-refractivity contribution in [3.8, 4) is 17.1 Å². The lowest BCUT2D eigenvalue weighted by Crippen LogP contribution is -2.33. The molecule has 1 aliphatic heterocycles. The number of carboxylic acid groups (broad SMARTS) is 1. The molecule has 1 aliphatic rings. The quantitative estimate of drug-likeness (QED) is 0.613. The second-order valence-electron chi connectivity index (χ2n) is 7.28. The Kier molecular flexibility index (Phi) is 6.26. The number of carboxylic acids is 1. The van der Waals surface area contributed by atoms with E-state index in [1.54, 1.807) is 0 Å². The van der Waals surface area contributed by atoms with E-state index in [-0.39, 0.29) is 6.42 Å². The molecule has 2 heterocycles. The number of aromatic nitrogens is 2. The molecule has 0 amide bonds. The van der Waals surface area contributed by atoms with Crippen molar-refractivity contribution >= 4 is 17.6 Å². The maximum Gasteiger partial charge on any atom is 0.304 e. The maximum atomic E-state index is 10.8. The fourth-order valence-electron chi connectivity index (χ4n) is 3.45. The molecule has 2 aromatic carbocycles. The average Bonchev–Trinajstić information content (AvgIpc) is 2.76. The van der Waals surface area contributed by atoms with Crippen LogP contribution in [0.3, 0.4) is 0 Å². The topological polar surface area (TPSA) is 75.5 Å².